The van der Waals surface area contributed by atoms with Crippen LogP contribution in [0.3, 0.4) is 0 Å². The molecule has 0 atom stereocenters. The van der Waals surface area contributed by atoms with Gasteiger partial charge in [0.05, 0.1) is 22.3 Å². The van der Waals surface area contributed by atoms with Crippen molar-refractivity contribution in [1.82, 2.24) is 40.0 Å². The number of hydrogen-bond acceptors (Lipinski definition) is 5. The molecule has 0 saturated carbocycles. The molecule has 0 fully saturated rings. The van der Waals surface area contributed by atoms with Crippen molar-refractivity contribution in [2.24, 2.45) is 7.05 Å². The molecule has 0 saturated heterocycles. The van der Waals surface area contributed by atoms with E-state index in [2.05, 4.69) is 30.6 Å². The Labute approximate surface area is 152 Å². The summed E-state index contributed by atoms with van der Waals surface area (Å²) in [7, 11) is 1.80. The maximum absolute atomic E-state index is 14.3. The van der Waals surface area contributed by atoms with Crippen molar-refractivity contribution in [2.45, 2.75) is 0 Å². The van der Waals surface area contributed by atoms with E-state index in [1.165, 1.54) is 12.4 Å². The second kappa shape index (κ2) is 5.84. The zero-order chi connectivity index (χ0) is 18.4. The molecule has 0 spiro atoms. The molecule has 0 radical (unpaired) electrons. The minimum atomic E-state index is -0.325. The summed E-state index contributed by atoms with van der Waals surface area (Å²) in [6, 6.07) is 12.2. The Morgan fingerprint density at radius 3 is 2.78 bits per heavy atom. The van der Waals surface area contributed by atoms with Gasteiger partial charge in [0.15, 0.2) is 0 Å². The molecule has 0 aliphatic rings. The summed E-state index contributed by atoms with van der Waals surface area (Å²) >= 11 is 0. The zero-order valence-electron chi connectivity index (χ0n) is 14.2. The van der Waals surface area contributed by atoms with Gasteiger partial charge in [-0.25, -0.2) is 14.1 Å². The van der Waals surface area contributed by atoms with Crippen molar-refractivity contribution in [3.8, 4) is 28.3 Å². The summed E-state index contributed by atoms with van der Waals surface area (Å²) in [6.45, 7) is 0. The Morgan fingerprint density at radius 1 is 1.07 bits per heavy atom. The highest BCUT2D eigenvalue weighted by Crippen LogP contribution is 2.32. The largest absolute Gasteiger partial charge is 0.338 e. The van der Waals surface area contributed by atoms with Gasteiger partial charge in [-0.3, -0.25) is 4.68 Å². The van der Waals surface area contributed by atoms with Crippen molar-refractivity contribution in [2.75, 3.05) is 0 Å². The summed E-state index contributed by atoms with van der Waals surface area (Å²) in [5, 5.41) is 15.6. The fourth-order valence-electron chi connectivity index (χ4n) is 3.06. The van der Waals surface area contributed by atoms with E-state index in [4.69, 9.17) is 0 Å². The number of nitrogens with one attached hydrogen (secondary N) is 1. The van der Waals surface area contributed by atoms with E-state index in [1.807, 2.05) is 24.4 Å². The van der Waals surface area contributed by atoms with Gasteiger partial charge in [-0.15, -0.1) is 5.10 Å². The first-order valence-corrected chi connectivity index (χ1v) is 8.21. The van der Waals surface area contributed by atoms with Crippen LogP contribution in [0.25, 0.3) is 39.4 Å². The zero-order valence-corrected chi connectivity index (χ0v) is 14.2. The SMILES string of the molecule is Cn1cc(-c2nc3ccc(-n4cnnn4)cc3[nH]2)c(-c2ccccc2F)n1. The molecule has 9 heteroatoms. The van der Waals surface area contributed by atoms with Gasteiger partial charge in [-0.1, -0.05) is 12.1 Å². The van der Waals surface area contributed by atoms with Crippen LogP contribution in [0, 0.1) is 5.82 Å². The second-order valence-electron chi connectivity index (χ2n) is 6.09. The first-order valence-electron chi connectivity index (χ1n) is 8.21. The predicted molar refractivity (Wildman–Crippen MR) is 96.4 cm³/mol. The molecule has 27 heavy (non-hydrogen) atoms. The molecule has 3 aromatic heterocycles. The number of aromatic amines is 1. The first kappa shape index (κ1) is 15.4. The molecular formula is C18H13FN8. The van der Waals surface area contributed by atoms with Crippen LogP contribution in [-0.2, 0) is 7.05 Å². The molecule has 5 aromatic rings. The van der Waals surface area contributed by atoms with Crippen molar-refractivity contribution in [3.63, 3.8) is 0 Å². The van der Waals surface area contributed by atoms with Crippen LogP contribution in [0.4, 0.5) is 4.39 Å². The highest BCUT2D eigenvalue weighted by Gasteiger charge is 2.18. The maximum Gasteiger partial charge on any atom is 0.143 e. The average molecular weight is 360 g/mol. The quantitative estimate of drug-likeness (QED) is 0.534. The Kier molecular flexibility index (Phi) is 3.32. The number of imidazole rings is 1. The van der Waals surface area contributed by atoms with Crippen LogP contribution >= 0.6 is 0 Å². The van der Waals surface area contributed by atoms with E-state index in [0.717, 1.165) is 22.3 Å². The van der Waals surface area contributed by atoms with Gasteiger partial charge in [-0.05, 0) is 40.8 Å². The van der Waals surface area contributed by atoms with Gasteiger partial charge in [0.2, 0.25) is 0 Å². The Hall–Kier alpha value is -3.88. The molecule has 132 valence electrons. The lowest BCUT2D eigenvalue weighted by Gasteiger charge is -2.01. The summed E-state index contributed by atoms with van der Waals surface area (Å²) in [5.41, 5.74) is 4.11. The van der Waals surface area contributed by atoms with Gasteiger partial charge >= 0.3 is 0 Å². The van der Waals surface area contributed by atoms with Gasteiger partial charge in [0.25, 0.3) is 0 Å². The fraction of sp³-hybridized carbons (Fsp3) is 0.0556. The Morgan fingerprint density at radius 2 is 1.96 bits per heavy atom. The number of fused-ring (bicyclic) bond motifs is 1. The number of benzene rings is 2. The molecule has 5 rings (SSSR count). The third-order valence-electron chi connectivity index (χ3n) is 4.29. The minimum Gasteiger partial charge on any atom is -0.338 e. The van der Waals surface area contributed by atoms with Gasteiger partial charge in [0.1, 0.15) is 23.7 Å². The summed E-state index contributed by atoms with van der Waals surface area (Å²) in [6.07, 6.45) is 3.34. The molecule has 0 unspecified atom stereocenters. The molecule has 1 N–H and O–H groups in total. The predicted octanol–water partition coefficient (Wildman–Crippen LogP) is 2.75. The van der Waals surface area contributed by atoms with Crippen molar-refractivity contribution < 1.29 is 4.39 Å². The van der Waals surface area contributed by atoms with Crippen LogP contribution in [0.1, 0.15) is 0 Å². The van der Waals surface area contributed by atoms with E-state index < -0.39 is 0 Å². The smallest absolute Gasteiger partial charge is 0.143 e. The molecule has 0 aliphatic carbocycles. The second-order valence-corrected chi connectivity index (χ2v) is 6.09. The number of halogens is 1. The van der Waals surface area contributed by atoms with Crippen molar-refractivity contribution in [3.05, 3.63) is 60.8 Å². The molecule has 0 amide bonds. The summed E-state index contributed by atoms with van der Waals surface area (Å²) in [5.74, 6) is 0.291. The molecule has 0 bridgehead atoms. The molecule has 2 aromatic carbocycles. The molecular weight excluding hydrogens is 347 g/mol. The van der Waals surface area contributed by atoms with Crippen LogP contribution in [0.15, 0.2) is 55.0 Å². The first-order chi connectivity index (χ1) is 13.2. The highest BCUT2D eigenvalue weighted by atomic mass is 19.1. The lowest BCUT2D eigenvalue weighted by Crippen LogP contribution is -1.94. The molecule has 3 heterocycles. The number of H-pyrrole nitrogens is 1. The van der Waals surface area contributed by atoms with E-state index >= 15 is 0 Å². The number of aryl methyl sites for hydroxylation is 1. The maximum atomic E-state index is 14.3. The monoisotopic (exact) mass is 360 g/mol. The van der Waals surface area contributed by atoms with Crippen LogP contribution in [-0.4, -0.2) is 40.0 Å². The summed E-state index contributed by atoms with van der Waals surface area (Å²) < 4.78 is 17.5. The minimum absolute atomic E-state index is 0.325. The highest BCUT2D eigenvalue weighted by molar-refractivity contribution is 5.85. The van der Waals surface area contributed by atoms with Crippen LogP contribution < -0.4 is 0 Å². The van der Waals surface area contributed by atoms with E-state index in [1.54, 1.807) is 34.6 Å². The third kappa shape index (κ3) is 2.56. The summed E-state index contributed by atoms with van der Waals surface area (Å²) in [4.78, 5) is 7.93. The number of rotatable bonds is 3. The van der Waals surface area contributed by atoms with E-state index in [0.29, 0.717) is 17.1 Å². The normalized spacial score (nSPS) is 11.3. The fourth-order valence-corrected chi connectivity index (χ4v) is 3.06. The molecule has 8 nitrogen and oxygen atoms in total. The topological polar surface area (TPSA) is 90.1 Å². The van der Waals surface area contributed by atoms with Crippen molar-refractivity contribution >= 4 is 11.0 Å². The number of tetrazole rings is 1. The lowest BCUT2D eigenvalue weighted by atomic mass is 10.1. The molecule has 0 aliphatic heterocycles. The number of nitrogens with zero attached hydrogens (tertiary/aromatic N) is 7. The number of aromatic nitrogens is 8. The lowest BCUT2D eigenvalue weighted by molar-refractivity contribution is 0.630. The average Bonchev–Trinajstić information content (AvgIpc) is 3.40. The Balaban J connectivity index is 1.65. The van der Waals surface area contributed by atoms with Crippen LogP contribution in [0.5, 0.6) is 0 Å². The van der Waals surface area contributed by atoms with Crippen LogP contribution in [0.2, 0.25) is 0 Å². The third-order valence-corrected chi connectivity index (χ3v) is 4.29. The number of hydrogen-bond donors (Lipinski definition) is 1. The van der Waals surface area contributed by atoms with Gasteiger partial charge < -0.3 is 4.98 Å². The van der Waals surface area contributed by atoms with E-state index in [-0.39, 0.29) is 5.82 Å². The van der Waals surface area contributed by atoms with Gasteiger partial charge in [0, 0.05) is 18.8 Å². The van der Waals surface area contributed by atoms with E-state index in [9.17, 15) is 4.39 Å². The standard InChI is InChI=1S/C18H13FN8/c1-26-9-13(17(23-26)12-4-2-3-5-14(12)19)18-21-15-7-6-11(8-16(15)22-18)27-10-20-24-25-27/h2-10H,1H3,(H,21,22). The van der Waals surface area contributed by atoms with Gasteiger partial charge in [-0.2, -0.15) is 5.10 Å². The van der Waals surface area contributed by atoms with Crippen molar-refractivity contribution in [1.29, 1.82) is 0 Å². The Bertz CT molecular complexity index is 1250.